The highest BCUT2D eigenvalue weighted by Gasteiger charge is 2.30. The second-order valence-corrected chi connectivity index (χ2v) is 6.29. The van der Waals surface area contributed by atoms with Gasteiger partial charge in [0.2, 0.25) is 0 Å². The first-order valence-corrected chi connectivity index (χ1v) is 6.47. The standard InChI is InChI=1S/C13H17BrFN/c1-13(2)6-5-10(8-13)16-12-4-3-9(14)7-11(12)15/h3-4,7,10,16H,5-6,8H2,1-2H3. The van der Waals surface area contributed by atoms with Crippen molar-refractivity contribution >= 4 is 21.6 Å². The fraction of sp³-hybridized carbons (Fsp3) is 0.538. The van der Waals surface area contributed by atoms with Crippen molar-refractivity contribution in [2.45, 2.75) is 39.2 Å². The summed E-state index contributed by atoms with van der Waals surface area (Å²) in [5, 5.41) is 3.30. The molecule has 0 amide bonds. The van der Waals surface area contributed by atoms with Gasteiger partial charge < -0.3 is 5.32 Å². The van der Waals surface area contributed by atoms with E-state index in [0.717, 1.165) is 17.3 Å². The van der Waals surface area contributed by atoms with Gasteiger partial charge in [-0.15, -0.1) is 0 Å². The van der Waals surface area contributed by atoms with E-state index < -0.39 is 0 Å². The van der Waals surface area contributed by atoms with Gasteiger partial charge in [0.25, 0.3) is 0 Å². The second-order valence-electron chi connectivity index (χ2n) is 5.37. The zero-order valence-electron chi connectivity index (χ0n) is 9.69. The number of hydrogen-bond acceptors (Lipinski definition) is 1. The fourth-order valence-electron chi connectivity index (χ4n) is 2.39. The third kappa shape index (κ3) is 2.76. The Balaban J connectivity index is 2.05. The average Bonchev–Trinajstić information content (AvgIpc) is 2.51. The van der Waals surface area contributed by atoms with E-state index in [1.54, 1.807) is 6.07 Å². The van der Waals surface area contributed by atoms with Gasteiger partial charge in [-0.3, -0.25) is 0 Å². The summed E-state index contributed by atoms with van der Waals surface area (Å²) in [5.41, 5.74) is 1.01. The van der Waals surface area contributed by atoms with Crippen molar-refractivity contribution in [2.24, 2.45) is 5.41 Å². The molecular weight excluding hydrogens is 269 g/mol. The molecule has 0 aliphatic heterocycles. The molecule has 1 unspecified atom stereocenters. The molecule has 1 nitrogen and oxygen atoms in total. The number of hydrogen-bond donors (Lipinski definition) is 1. The van der Waals surface area contributed by atoms with E-state index in [4.69, 9.17) is 0 Å². The topological polar surface area (TPSA) is 12.0 Å². The van der Waals surface area contributed by atoms with E-state index in [1.807, 2.05) is 6.07 Å². The molecule has 1 aliphatic carbocycles. The van der Waals surface area contributed by atoms with Crippen molar-refractivity contribution in [1.29, 1.82) is 0 Å². The first-order chi connectivity index (χ1) is 7.46. The number of halogens is 2. The molecule has 2 rings (SSSR count). The zero-order chi connectivity index (χ0) is 11.8. The van der Waals surface area contributed by atoms with Gasteiger partial charge >= 0.3 is 0 Å². The lowest BCUT2D eigenvalue weighted by Gasteiger charge is -2.19. The highest BCUT2D eigenvalue weighted by Crippen LogP contribution is 2.38. The van der Waals surface area contributed by atoms with Crippen LogP contribution in [-0.2, 0) is 0 Å². The minimum absolute atomic E-state index is 0.181. The minimum Gasteiger partial charge on any atom is -0.380 e. The average molecular weight is 286 g/mol. The smallest absolute Gasteiger partial charge is 0.147 e. The highest BCUT2D eigenvalue weighted by molar-refractivity contribution is 9.10. The van der Waals surface area contributed by atoms with Crippen LogP contribution in [0.25, 0.3) is 0 Å². The molecular formula is C13H17BrFN. The molecule has 1 aliphatic rings. The predicted octanol–water partition coefficient (Wildman–Crippen LogP) is 4.58. The van der Waals surface area contributed by atoms with E-state index in [1.165, 1.54) is 12.5 Å². The van der Waals surface area contributed by atoms with Crippen molar-refractivity contribution in [3.63, 3.8) is 0 Å². The molecule has 0 saturated heterocycles. The lowest BCUT2D eigenvalue weighted by atomic mass is 9.92. The van der Waals surface area contributed by atoms with Crippen LogP contribution in [0, 0.1) is 11.2 Å². The first kappa shape index (κ1) is 11.9. The van der Waals surface area contributed by atoms with E-state index in [2.05, 4.69) is 35.1 Å². The van der Waals surface area contributed by atoms with Crippen molar-refractivity contribution in [3.8, 4) is 0 Å². The van der Waals surface area contributed by atoms with Gasteiger partial charge in [-0.1, -0.05) is 29.8 Å². The maximum atomic E-state index is 13.6. The summed E-state index contributed by atoms with van der Waals surface area (Å²) in [7, 11) is 0. The third-order valence-electron chi connectivity index (χ3n) is 3.26. The quantitative estimate of drug-likeness (QED) is 0.839. The molecule has 0 aromatic heterocycles. The Kier molecular flexibility index (Phi) is 3.24. The molecule has 3 heteroatoms. The second kappa shape index (κ2) is 4.36. The van der Waals surface area contributed by atoms with Crippen molar-refractivity contribution in [1.82, 2.24) is 0 Å². The van der Waals surface area contributed by atoms with E-state index >= 15 is 0 Å². The van der Waals surface area contributed by atoms with Crippen LogP contribution in [0.4, 0.5) is 10.1 Å². The molecule has 1 N–H and O–H groups in total. The zero-order valence-corrected chi connectivity index (χ0v) is 11.3. The SMILES string of the molecule is CC1(C)CCC(Nc2ccc(Br)cc2F)C1. The van der Waals surface area contributed by atoms with Gasteiger partial charge in [-0.25, -0.2) is 4.39 Å². The molecule has 0 heterocycles. The van der Waals surface area contributed by atoms with Gasteiger partial charge in [-0.2, -0.15) is 0 Å². The number of rotatable bonds is 2. The Morgan fingerprint density at radius 3 is 2.75 bits per heavy atom. The third-order valence-corrected chi connectivity index (χ3v) is 3.75. The van der Waals surface area contributed by atoms with Gasteiger partial charge in [0.15, 0.2) is 0 Å². The Hall–Kier alpha value is -0.570. The van der Waals surface area contributed by atoms with Crippen molar-refractivity contribution in [2.75, 3.05) is 5.32 Å². The van der Waals surface area contributed by atoms with Crippen LogP contribution >= 0.6 is 15.9 Å². The van der Waals surface area contributed by atoms with Gasteiger partial charge in [0.1, 0.15) is 5.82 Å². The van der Waals surface area contributed by atoms with Gasteiger partial charge in [0, 0.05) is 10.5 Å². The Morgan fingerprint density at radius 1 is 1.44 bits per heavy atom. The van der Waals surface area contributed by atoms with Crippen LogP contribution in [0.15, 0.2) is 22.7 Å². The normalized spacial score (nSPS) is 23.4. The lowest BCUT2D eigenvalue weighted by Crippen LogP contribution is -2.18. The molecule has 1 aromatic carbocycles. The fourth-order valence-corrected chi connectivity index (χ4v) is 2.72. The molecule has 16 heavy (non-hydrogen) atoms. The van der Waals surface area contributed by atoms with Crippen molar-refractivity contribution < 1.29 is 4.39 Å². The number of benzene rings is 1. The maximum absolute atomic E-state index is 13.6. The molecule has 1 saturated carbocycles. The van der Waals surface area contributed by atoms with E-state index in [9.17, 15) is 4.39 Å². The van der Waals surface area contributed by atoms with Crippen LogP contribution in [0.1, 0.15) is 33.1 Å². The molecule has 0 bridgehead atoms. The van der Waals surface area contributed by atoms with Crippen LogP contribution in [-0.4, -0.2) is 6.04 Å². The summed E-state index contributed by atoms with van der Waals surface area (Å²) in [4.78, 5) is 0. The van der Waals surface area contributed by atoms with Crippen LogP contribution in [0.2, 0.25) is 0 Å². The Bertz CT molecular complexity index is 390. The number of nitrogens with one attached hydrogen (secondary N) is 1. The van der Waals surface area contributed by atoms with Crippen LogP contribution < -0.4 is 5.32 Å². The summed E-state index contributed by atoms with van der Waals surface area (Å²) in [6, 6.07) is 5.57. The summed E-state index contributed by atoms with van der Waals surface area (Å²) >= 11 is 3.26. The molecule has 0 spiro atoms. The summed E-state index contributed by atoms with van der Waals surface area (Å²) in [6.45, 7) is 4.54. The molecule has 88 valence electrons. The molecule has 1 atom stereocenters. The highest BCUT2D eigenvalue weighted by atomic mass is 79.9. The molecule has 0 radical (unpaired) electrons. The van der Waals surface area contributed by atoms with Gasteiger partial charge in [-0.05, 0) is 42.9 Å². The van der Waals surface area contributed by atoms with Crippen LogP contribution in [0.5, 0.6) is 0 Å². The Labute approximate surface area is 105 Å². The number of anilines is 1. The van der Waals surface area contributed by atoms with E-state index in [0.29, 0.717) is 17.1 Å². The largest absolute Gasteiger partial charge is 0.380 e. The predicted molar refractivity (Wildman–Crippen MR) is 69.1 cm³/mol. The Morgan fingerprint density at radius 2 is 2.19 bits per heavy atom. The van der Waals surface area contributed by atoms with Gasteiger partial charge in [0.05, 0.1) is 5.69 Å². The monoisotopic (exact) mass is 285 g/mol. The molecule has 1 aromatic rings. The van der Waals surface area contributed by atoms with Crippen molar-refractivity contribution in [3.05, 3.63) is 28.5 Å². The molecule has 1 fully saturated rings. The first-order valence-electron chi connectivity index (χ1n) is 5.68. The lowest BCUT2D eigenvalue weighted by molar-refractivity contribution is 0.378. The summed E-state index contributed by atoms with van der Waals surface area (Å²) in [5.74, 6) is -0.181. The summed E-state index contributed by atoms with van der Waals surface area (Å²) < 4.78 is 14.4. The summed E-state index contributed by atoms with van der Waals surface area (Å²) in [6.07, 6.45) is 3.45. The van der Waals surface area contributed by atoms with Crippen LogP contribution in [0.3, 0.4) is 0 Å². The minimum atomic E-state index is -0.181. The maximum Gasteiger partial charge on any atom is 0.147 e. The van der Waals surface area contributed by atoms with E-state index in [-0.39, 0.29) is 5.82 Å².